The van der Waals surface area contributed by atoms with Crippen LogP contribution in [0.25, 0.3) is 0 Å². The summed E-state index contributed by atoms with van der Waals surface area (Å²) in [4.78, 5) is 5.32. The van der Waals surface area contributed by atoms with E-state index in [0.29, 0.717) is 34.8 Å². The van der Waals surface area contributed by atoms with Gasteiger partial charge in [0.05, 0.1) is 23.0 Å². The Hall–Kier alpha value is -2.09. The smallest absolute Gasteiger partial charge is 0.206 e. The van der Waals surface area contributed by atoms with Crippen LogP contribution in [0, 0.1) is 39.5 Å². The first-order valence-electron chi connectivity index (χ1n) is 13.6. The van der Waals surface area contributed by atoms with Crippen molar-refractivity contribution in [3.8, 4) is 11.5 Å². The van der Waals surface area contributed by atoms with Crippen molar-refractivity contribution in [2.75, 3.05) is 53.5 Å². The van der Waals surface area contributed by atoms with Gasteiger partial charge in [-0.1, -0.05) is 0 Å². The van der Waals surface area contributed by atoms with Crippen LogP contribution in [0.3, 0.4) is 0 Å². The van der Waals surface area contributed by atoms with Gasteiger partial charge in [-0.3, -0.25) is 0 Å². The zero-order valence-electron chi connectivity index (χ0n) is 23.5. The molecule has 2 aliphatic rings. The monoisotopic (exact) mass is 528 g/mol. The van der Waals surface area contributed by atoms with Crippen LogP contribution in [0.1, 0.15) is 47.9 Å². The topological polar surface area (TPSA) is 59.1 Å². The summed E-state index contributed by atoms with van der Waals surface area (Å²) in [5.74, 6) is 2.62. The second-order valence-corrected chi connectivity index (χ2v) is 13.4. The molecule has 37 heavy (non-hydrogen) atoms. The minimum Gasteiger partial charge on any atom is -0.493 e. The number of ether oxygens (including phenoxy) is 2. The summed E-state index contributed by atoms with van der Waals surface area (Å²) >= 11 is 0. The summed E-state index contributed by atoms with van der Waals surface area (Å²) < 4.78 is 39.8. The quantitative estimate of drug-likeness (QED) is 0.470. The predicted molar refractivity (Wildman–Crippen MR) is 149 cm³/mol. The van der Waals surface area contributed by atoms with Gasteiger partial charge in [0.2, 0.25) is 9.84 Å². The summed E-state index contributed by atoms with van der Waals surface area (Å²) in [7, 11) is 0.633. The number of hydrogen-bond acceptors (Lipinski definition) is 6. The molecule has 2 aliphatic heterocycles. The first-order valence-corrected chi connectivity index (χ1v) is 15.1. The molecule has 204 valence electrons. The standard InChI is InChI=1S/C30H44N2O4S/c1-21-13-27(14-22(2)29(21)35-19-25-9-7-11-31(5)17-25)37(33,34)28-15-23(3)30(24(4)16-28)36-20-26-10-8-12-32(6)18-26/h13-16,25-26H,7-12,17-20H2,1-6H3. The van der Waals surface area contributed by atoms with Crippen LogP contribution in [0.4, 0.5) is 0 Å². The molecule has 0 bridgehead atoms. The van der Waals surface area contributed by atoms with E-state index < -0.39 is 9.84 Å². The lowest BCUT2D eigenvalue weighted by Crippen LogP contribution is -2.34. The van der Waals surface area contributed by atoms with Gasteiger partial charge in [-0.2, -0.15) is 0 Å². The van der Waals surface area contributed by atoms with Crippen LogP contribution >= 0.6 is 0 Å². The Bertz CT molecular complexity index is 1080. The maximum atomic E-state index is 13.7. The van der Waals surface area contributed by atoms with Gasteiger partial charge in [-0.05, 0) is 127 Å². The maximum Gasteiger partial charge on any atom is 0.206 e. The third-order valence-corrected chi connectivity index (χ3v) is 9.57. The Morgan fingerprint density at radius 2 is 1.05 bits per heavy atom. The van der Waals surface area contributed by atoms with Crippen LogP contribution in [0.15, 0.2) is 34.1 Å². The van der Waals surface area contributed by atoms with Crippen molar-refractivity contribution >= 4 is 9.84 Å². The van der Waals surface area contributed by atoms with E-state index in [0.717, 1.165) is 59.9 Å². The van der Waals surface area contributed by atoms with Crippen LogP contribution in [-0.4, -0.2) is 71.7 Å². The highest BCUT2D eigenvalue weighted by molar-refractivity contribution is 7.91. The third-order valence-electron chi connectivity index (χ3n) is 7.86. The highest BCUT2D eigenvalue weighted by Gasteiger charge is 2.24. The normalized spacial score (nSPS) is 21.7. The van der Waals surface area contributed by atoms with E-state index >= 15 is 0 Å². The summed E-state index contributed by atoms with van der Waals surface area (Å²) in [6.07, 6.45) is 4.73. The lowest BCUT2D eigenvalue weighted by molar-refractivity contribution is 0.149. The van der Waals surface area contributed by atoms with Crippen molar-refractivity contribution in [2.24, 2.45) is 11.8 Å². The molecular weight excluding hydrogens is 484 g/mol. The van der Waals surface area contributed by atoms with Crippen molar-refractivity contribution in [3.63, 3.8) is 0 Å². The number of nitrogens with zero attached hydrogens (tertiary/aromatic N) is 2. The highest BCUT2D eigenvalue weighted by atomic mass is 32.2. The lowest BCUT2D eigenvalue weighted by Gasteiger charge is -2.30. The molecule has 0 amide bonds. The van der Waals surface area contributed by atoms with Crippen LogP contribution in [0.5, 0.6) is 11.5 Å². The minimum absolute atomic E-state index is 0.310. The Morgan fingerprint density at radius 1 is 0.703 bits per heavy atom. The number of sulfone groups is 1. The summed E-state index contributed by atoms with van der Waals surface area (Å²) in [5, 5.41) is 0. The molecule has 6 nitrogen and oxygen atoms in total. The molecule has 4 rings (SSSR count). The molecule has 0 radical (unpaired) electrons. The van der Waals surface area contributed by atoms with Crippen molar-refractivity contribution < 1.29 is 17.9 Å². The third kappa shape index (κ3) is 6.68. The predicted octanol–water partition coefficient (Wildman–Crippen LogP) is 5.19. The van der Waals surface area contributed by atoms with E-state index in [-0.39, 0.29) is 0 Å². The second kappa shape index (κ2) is 11.7. The number of hydrogen-bond donors (Lipinski definition) is 0. The summed E-state index contributed by atoms with van der Waals surface area (Å²) in [6.45, 7) is 13.4. The van der Waals surface area contributed by atoms with E-state index in [1.54, 1.807) is 24.3 Å². The molecule has 0 aromatic heterocycles. The molecule has 2 atom stereocenters. The number of piperidine rings is 2. The van der Waals surface area contributed by atoms with E-state index in [9.17, 15) is 8.42 Å². The molecule has 0 aliphatic carbocycles. The first-order chi connectivity index (χ1) is 17.5. The molecular formula is C30H44N2O4S. The molecule has 2 saturated heterocycles. The molecule has 7 heteroatoms. The van der Waals surface area contributed by atoms with E-state index in [1.807, 2.05) is 27.7 Å². The number of aryl methyl sites for hydroxylation is 4. The molecule has 2 unspecified atom stereocenters. The molecule has 2 fully saturated rings. The fraction of sp³-hybridized carbons (Fsp3) is 0.600. The fourth-order valence-electron chi connectivity index (χ4n) is 5.94. The summed E-state index contributed by atoms with van der Waals surface area (Å²) in [6, 6.07) is 7.00. The number of likely N-dealkylation sites (tertiary alicyclic amines) is 2. The van der Waals surface area contributed by atoms with Crippen molar-refractivity contribution in [2.45, 2.75) is 63.2 Å². The van der Waals surface area contributed by atoms with E-state index in [1.165, 1.54) is 25.7 Å². The van der Waals surface area contributed by atoms with Crippen molar-refractivity contribution in [1.29, 1.82) is 0 Å². The zero-order valence-corrected chi connectivity index (χ0v) is 24.3. The highest BCUT2D eigenvalue weighted by Crippen LogP contribution is 2.34. The van der Waals surface area contributed by atoms with Crippen molar-refractivity contribution in [3.05, 3.63) is 46.5 Å². The van der Waals surface area contributed by atoms with Gasteiger partial charge in [0.25, 0.3) is 0 Å². The van der Waals surface area contributed by atoms with E-state index in [2.05, 4.69) is 23.9 Å². The molecule has 0 spiro atoms. The molecule has 2 heterocycles. The Balaban J connectivity index is 1.49. The fourth-order valence-corrected chi connectivity index (χ4v) is 7.54. The van der Waals surface area contributed by atoms with Gasteiger partial charge in [-0.15, -0.1) is 0 Å². The Kier molecular flexibility index (Phi) is 8.87. The number of rotatable bonds is 8. The maximum absolute atomic E-state index is 13.7. The van der Waals surface area contributed by atoms with Crippen LogP contribution in [-0.2, 0) is 9.84 Å². The van der Waals surface area contributed by atoms with E-state index in [4.69, 9.17) is 9.47 Å². The molecule has 0 N–H and O–H groups in total. The van der Waals surface area contributed by atoms with Crippen molar-refractivity contribution in [1.82, 2.24) is 9.80 Å². The van der Waals surface area contributed by atoms with Crippen LogP contribution in [0.2, 0.25) is 0 Å². The lowest BCUT2D eigenvalue weighted by atomic mass is 9.99. The Labute approximate surface area is 223 Å². The van der Waals surface area contributed by atoms with Gasteiger partial charge >= 0.3 is 0 Å². The SMILES string of the molecule is Cc1cc(S(=O)(=O)c2cc(C)c(OCC3CCCN(C)C3)c(C)c2)cc(C)c1OCC1CCCN(C)C1. The average molecular weight is 529 g/mol. The van der Waals surface area contributed by atoms with Gasteiger partial charge in [0.1, 0.15) is 11.5 Å². The summed E-state index contributed by atoms with van der Waals surface area (Å²) in [5.41, 5.74) is 3.42. The van der Waals surface area contributed by atoms with Gasteiger partial charge in [-0.25, -0.2) is 8.42 Å². The molecule has 2 aromatic rings. The number of benzene rings is 2. The zero-order chi connectivity index (χ0) is 26.7. The molecule has 0 saturated carbocycles. The first kappa shape index (κ1) is 27.9. The van der Waals surface area contributed by atoms with Gasteiger partial charge < -0.3 is 19.3 Å². The largest absolute Gasteiger partial charge is 0.493 e. The molecule has 2 aromatic carbocycles. The van der Waals surface area contributed by atoms with Gasteiger partial charge in [0.15, 0.2) is 0 Å². The second-order valence-electron chi connectivity index (χ2n) is 11.4. The average Bonchev–Trinajstić information content (AvgIpc) is 2.83. The Morgan fingerprint density at radius 3 is 1.38 bits per heavy atom. The minimum atomic E-state index is -3.67. The van der Waals surface area contributed by atoms with Crippen LogP contribution < -0.4 is 9.47 Å². The van der Waals surface area contributed by atoms with Gasteiger partial charge in [0, 0.05) is 24.9 Å².